The summed E-state index contributed by atoms with van der Waals surface area (Å²) < 4.78 is 0. The lowest BCUT2D eigenvalue weighted by atomic mass is 9.94. The molecule has 1 rings (SSSR count). The van der Waals surface area contributed by atoms with E-state index in [0.29, 0.717) is 17.9 Å². The molecule has 1 unspecified atom stereocenters. The van der Waals surface area contributed by atoms with Gasteiger partial charge in [0, 0.05) is 0 Å². The van der Waals surface area contributed by atoms with Gasteiger partial charge in [-0.2, -0.15) is 0 Å². The molecule has 0 aliphatic rings. The van der Waals surface area contributed by atoms with Gasteiger partial charge in [0.15, 0.2) is 0 Å². The molecule has 4 nitrogen and oxygen atoms in total. The minimum atomic E-state index is -1.11. The second-order valence-corrected chi connectivity index (χ2v) is 4.20. The van der Waals surface area contributed by atoms with Crippen molar-refractivity contribution in [2.75, 3.05) is 0 Å². The molecule has 4 heteroatoms. The molecule has 92 valence electrons. The van der Waals surface area contributed by atoms with Crippen molar-refractivity contribution in [2.45, 2.75) is 26.7 Å². The number of benzene rings is 1. The predicted octanol–water partition coefficient (Wildman–Crippen LogP) is 2.67. The largest absolute Gasteiger partial charge is 0.478 e. The summed E-state index contributed by atoms with van der Waals surface area (Å²) in [5, 5.41) is 17.9. The smallest absolute Gasteiger partial charge is 0.335 e. The lowest BCUT2D eigenvalue weighted by molar-refractivity contribution is 0.0695. The molecular weight excluding hydrogens is 220 g/mol. The van der Waals surface area contributed by atoms with E-state index in [0.717, 1.165) is 6.42 Å². The van der Waals surface area contributed by atoms with Crippen LogP contribution in [0.5, 0.6) is 0 Å². The van der Waals surface area contributed by atoms with Crippen LogP contribution in [0, 0.1) is 5.92 Å². The van der Waals surface area contributed by atoms with Crippen LogP contribution in [0.2, 0.25) is 0 Å². The molecule has 17 heavy (non-hydrogen) atoms. The number of carboxylic acid groups (broad SMARTS) is 2. The van der Waals surface area contributed by atoms with E-state index in [1.165, 1.54) is 12.1 Å². The van der Waals surface area contributed by atoms with Gasteiger partial charge < -0.3 is 10.2 Å². The highest BCUT2D eigenvalue weighted by molar-refractivity contribution is 5.94. The third kappa shape index (κ3) is 3.31. The highest BCUT2D eigenvalue weighted by Crippen LogP contribution is 2.18. The number of rotatable bonds is 5. The number of hydrogen-bond donors (Lipinski definition) is 2. The van der Waals surface area contributed by atoms with Crippen LogP contribution < -0.4 is 0 Å². The van der Waals surface area contributed by atoms with Crippen molar-refractivity contribution in [1.29, 1.82) is 0 Å². The van der Waals surface area contributed by atoms with Gasteiger partial charge >= 0.3 is 11.9 Å². The topological polar surface area (TPSA) is 74.6 Å². The summed E-state index contributed by atoms with van der Waals surface area (Å²) in [6.07, 6.45) is 1.61. The molecule has 0 spiro atoms. The van der Waals surface area contributed by atoms with Crippen LogP contribution >= 0.6 is 0 Å². The first-order chi connectivity index (χ1) is 7.95. The van der Waals surface area contributed by atoms with E-state index >= 15 is 0 Å². The van der Waals surface area contributed by atoms with E-state index in [2.05, 4.69) is 0 Å². The van der Waals surface area contributed by atoms with E-state index in [1.54, 1.807) is 6.07 Å². The van der Waals surface area contributed by atoms with Gasteiger partial charge in [0.1, 0.15) is 0 Å². The van der Waals surface area contributed by atoms with Gasteiger partial charge in [-0.1, -0.05) is 26.3 Å². The van der Waals surface area contributed by atoms with Gasteiger partial charge in [-0.3, -0.25) is 0 Å². The lowest BCUT2D eigenvalue weighted by Crippen LogP contribution is -2.09. The van der Waals surface area contributed by atoms with Crippen LogP contribution in [0.4, 0.5) is 0 Å². The Labute approximate surface area is 99.9 Å². The van der Waals surface area contributed by atoms with Gasteiger partial charge in [-0.25, -0.2) is 9.59 Å². The van der Waals surface area contributed by atoms with Crippen LogP contribution in [-0.2, 0) is 6.42 Å². The molecule has 1 atom stereocenters. The van der Waals surface area contributed by atoms with E-state index < -0.39 is 11.9 Å². The van der Waals surface area contributed by atoms with Gasteiger partial charge in [0.25, 0.3) is 0 Å². The Bertz CT molecular complexity index is 437. The van der Waals surface area contributed by atoms with Crippen molar-refractivity contribution in [3.8, 4) is 0 Å². The fraction of sp³-hybridized carbons (Fsp3) is 0.385. The fourth-order valence-electron chi connectivity index (χ4n) is 1.61. The molecular formula is C13H16O4. The molecule has 1 aromatic carbocycles. The lowest BCUT2D eigenvalue weighted by Gasteiger charge is -2.11. The highest BCUT2D eigenvalue weighted by Gasteiger charge is 2.15. The molecule has 1 aromatic rings. The van der Waals surface area contributed by atoms with Crippen molar-refractivity contribution in [1.82, 2.24) is 0 Å². The SMILES string of the molecule is CCC(C)Cc1ccc(C(=O)O)cc1C(=O)O. The van der Waals surface area contributed by atoms with Crippen molar-refractivity contribution >= 4 is 11.9 Å². The summed E-state index contributed by atoms with van der Waals surface area (Å²) in [6.45, 7) is 4.08. The van der Waals surface area contributed by atoms with Crippen molar-refractivity contribution < 1.29 is 19.8 Å². The number of carbonyl (C=O) groups is 2. The molecule has 0 bridgehead atoms. The normalized spacial score (nSPS) is 12.1. The number of aromatic carboxylic acids is 2. The zero-order valence-electron chi connectivity index (χ0n) is 9.93. The molecule has 0 aromatic heterocycles. The molecule has 0 saturated carbocycles. The van der Waals surface area contributed by atoms with E-state index in [9.17, 15) is 9.59 Å². The van der Waals surface area contributed by atoms with Crippen LogP contribution in [-0.4, -0.2) is 22.2 Å². The Morgan fingerprint density at radius 2 is 1.88 bits per heavy atom. The molecule has 0 saturated heterocycles. The molecule has 0 aliphatic carbocycles. The van der Waals surface area contributed by atoms with Crippen LogP contribution in [0.25, 0.3) is 0 Å². The zero-order valence-corrected chi connectivity index (χ0v) is 9.93. The van der Waals surface area contributed by atoms with Gasteiger partial charge in [-0.15, -0.1) is 0 Å². The third-order valence-corrected chi connectivity index (χ3v) is 2.85. The third-order valence-electron chi connectivity index (χ3n) is 2.85. The highest BCUT2D eigenvalue weighted by atomic mass is 16.4. The Balaban J connectivity index is 3.13. The Kier molecular flexibility index (Phi) is 4.26. The van der Waals surface area contributed by atoms with Crippen LogP contribution in [0.3, 0.4) is 0 Å². The van der Waals surface area contributed by atoms with Crippen LogP contribution in [0.1, 0.15) is 46.5 Å². The first kappa shape index (κ1) is 13.2. The minimum Gasteiger partial charge on any atom is -0.478 e. The van der Waals surface area contributed by atoms with Gasteiger partial charge in [0.2, 0.25) is 0 Å². The standard InChI is InChI=1S/C13H16O4/c1-3-8(2)6-9-4-5-10(12(14)15)7-11(9)13(16)17/h4-5,7-8H,3,6H2,1-2H3,(H,14,15)(H,16,17). The van der Waals surface area contributed by atoms with Crippen molar-refractivity contribution in [3.63, 3.8) is 0 Å². The first-order valence-electron chi connectivity index (χ1n) is 5.55. The summed E-state index contributed by atoms with van der Waals surface area (Å²) in [5.74, 6) is -1.81. The van der Waals surface area contributed by atoms with Gasteiger partial charge in [0.05, 0.1) is 11.1 Å². The fourth-order valence-corrected chi connectivity index (χ4v) is 1.61. The second-order valence-electron chi connectivity index (χ2n) is 4.20. The maximum Gasteiger partial charge on any atom is 0.335 e. The predicted molar refractivity (Wildman–Crippen MR) is 63.5 cm³/mol. The molecule has 0 fully saturated rings. The maximum atomic E-state index is 11.1. The number of hydrogen-bond acceptors (Lipinski definition) is 2. The Hall–Kier alpha value is -1.84. The first-order valence-corrected chi connectivity index (χ1v) is 5.55. The van der Waals surface area contributed by atoms with E-state index in [-0.39, 0.29) is 11.1 Å². The van der Waals surface area contributed by atoms with Crippen molar-refractivity contribution in [3.05, 3.63) is 34.9 Å². The monoisotopic (exact) mass is 236 g/mol. The van der Waals surface area contributed by atoms with Crippen molar-refractivity contribution in [2.24, 2.45) is 5.92 Å². The summed E-state index contributed by atoms with van der Waals surface area (Å²) in [4.78, 5) is 21.8. The molecule has 0 amide bonds. The Morgan fingerprint density at radius 3 is 2.35 bits per heavy atom. The maximum absolute atomic E-state index is 11.1. The summed E-state index contributed by atoms with van der Waals surface area (Å²) >= 11 is 0. The molecule has 0 heterocycles. The second kappa shape index (κ2) is 5.48. The summed E-state index contributed by atoms with van der Waals surface area (Å²) in [5.41, 5.74) is 0.789. The summed E-state index contributed by atoms with van der Waals surface area (Å²) in [7, 11) is 0. The average Bonchev–Trinajstić information content (AvgIpc) is 2.28. The molecule has 0 radical (unpaired) electrons. The quantitative estimate of drug-likeness (QED) is 0.824. The number of carboxylic acids is 2. The average molecular weight is 236 g/mol. The molecule has 2 N–H and O–H groups in total. The Morgan fingerprint density at radius 1 is 1.24 bits per heavy atom. The minimum absolute atomic E-state index is 0.00954. The van der Waals surface area contributed by atoms with E-state index in [4.69, 9.17) is 10.2 Å². The molecule has 0 aliphatic heterocycles. The summed E-state index contributed by atoms with van der Waals surface area (Å²) in [6, 6.07) is 4.27. The van der Waals surface area contributed by atoms with E-state index in [1.807, 2.05) is 13.8 Å². The van der Waals surface area contributed by atoms with Gasteiger partial charge in [-0.05, 0) is 30.0 Å². The van der Waals surface area contributed by atoms with Crippen LogP contribution in [0.15, 0.2) is 18.2 Å². The zero-order chi connectivity index (χ0) is 13.0.